The van der Waals surface area contributed by atoms with Gasteiger partial charge in [-0.15, -0.1) is 6.58 Å². The minimum Gasteiger partial charge on any atom is -0.384 e. The van der Waals surface area contributed by atoms with Crippen molar-refractivity contribution in [2.24, 2.45) is 0 Å². The summed E-state index contributed by atoms with van der Waals surface area (Å²) in [5, 5.41) is 2.87. The normalized spacial score (nSPS) is 8.68. The molecule has 11 heteroatoms. The third kappa shape index (κ3) is 21.4. The van der Waals surface area contributed by atoms with Crippen LogP contribution >= 0.6 is 0 Å². The minimum absolute atomic E-state index is 0.213. The van der Waals surface area contributed by atoms with Gasteiger partial charge in [-0.05, 0) is 26.0 Å². The van der Waals surface area contributed by atoms with Crippen molar-refractivity contribution in [3.63, 3.8) is 0 Å². The molecule has 2 aromatic rings. The molecule has 0 aromatic carbocycles. The first-order valence-corrected chi connectivity index (χ1v) is 8.10. The second-order valence-electron chi connectivity index (χ2n) is 4.46. The van der Waals surface area contributed by atoms with E-state index in [0.717, 1.165) is 13.2 Å². The van der Waals surface area contributed by atoms with Crippen molar-refractivity contribution < 1.29 is 26.5 Å². The second kappa shape index (κ2) is 19.1. The molecule has 0 aliphatic heterocycles. The molecule has 0 spiro atoms. The first kappa shape index (κ1) is 27.5. The number of hydrogen-bond acceptors (Lipinski definition) is 5. The number of ether oxygens (including phenoxy) is 1. The summed E-state index contributed by atoms with van der Waals surface area (Å²) in [5.41, 5.74) is 5.11. The molecular weight excluding hydrogens is 382 g/mol. The third-order valence-electron chi connectivity index (χ3n) is 2.30. The van der Waals surface area contributed by atoms with Gasteiger partial charge in [0.2, 0.25) is 0 Å². The topological polar surface area (TPSA) is 73.1 Å². The first-order valence-electron chi connectivity index (χ1n) is 8.10. The fraction of sp³-hybridized carbons (Fsp3) is 0.294. The van der Waals surface area contributed by atoms with Crippen LogP contribution in [-0.4, -0.2) is 37.3 Å². The Morgan fingerprint density at radius 2 is 1.57 bits per heavy atom. The standard InChI is InChI=1S/C8H9FN2.C5H5FN2.C4H10O.BF3/c1-2-4-10-8-6-7(9)3-5-11-8;6-4-1-2-8-5(7)3-4;1-3-5-4-2;2-1(3)4/h2-3,5-6H,1,4H2,(H,10,11);1-3H,(H2,7,8);3-4H2,1-2H3;. The van der Waals surface area contributed by atoms with Crippen molar-refractivity contribution in [1.29, 1.82) is 0 Å². The summed E-state index contributed by atoms with van der Waals surface area (Å²) in [6.07, 6.45) is 4.43. The molecule has 0 unspecified atom stereocenters. The van der Waals surface area contributed by atoms with Crippen LogP contribution in [0.15, 0.2) is 49.3 Å². The molecule has 0 fully saturated rings. The van der Waals surface area contributed by atoms with Crippen LogP contribution < -0.4 is 11.1 Å². The molecule has 0 saturated heterocycles. The van der Waals surface area contributed by atoms with E-state index in [4.69, 9.17) is 10.5 Å². The minimum atomic E-state index is -3.67. The molecule has 2 heterocycles. The fourth-order valence-corrected chi connectivity index (χ4v) is 1.30. The number of rotatable bonds is 5. The third-order valence-corrected chi connectivity index (χ3v) is 2.30. The van der Waals surface area contributed by atoms with Crippen LogP contribution in [0, 0.1) is 11.6 Å². The Labute approximate surface area is 162 Å². The summed E-state index contributed by atoms with van der Waals surface area (Å²) in [7, 11) is -3.67. The van der Waals surface area contributed by atoms with E-state index in [0.29, 0.717) is 12.4 Å². The predicted molar refractivity (Wildman–Crippen MR) is 103 cm³/mol. The average Bonchev–Trinajstić information content (AvgIpc) is 2.61. The first-order chi connectivity index (χ1) is 13.3. The summed E-state index contributed by atoms with van der Waals surface area (Å²) >= 11 is 0. The van der Waals surface area contributed by atoms with E-state index in [1.165, 1.54) is 36.7 Å². The Morgan fingerprint density at radius 1 is 1.07 bits per heavy atom. The molecule has 5 nitrogen and oxygen atoms in total. The smallest absolute Gasteiger partial charge is 0.384 e. The lowest BCUT2D eigenvalue weighted by Crippen LogP contribution is -1.99. The number of nitrogens with two attached hydrogens (primary N) is 1. The van der Waals surface area contributed by atoms with E-state index < -0.39 is 7.54 Å². The van der Waals surface area contributed by atoms with Crippen molar-refractivity contribution in [2.45, 2.75) is 13.8 Å². The average molecular weight is 406 g/mol. The monoisotopic (exact) mass is 406 g/mol. The summed E-state index contributed by atoms with van der Waals surface area (Å²) in [4.78, 5) is 7.46. The van der Waals surface area contributed by atoms with Crippen LogP contribution in [0.3, 0.4) is 0 Å². The molecule has 3 N–H and O–H groups in total. The zero-order valence-corrected chi connectivity index (χ0v) is 15.7. The molecule has 2 rings (SSSR count). The highest BCUT2D eigenvalue weighted by Crippen LogP contribution is 2.03. The van der Waals surface area contributed by atoms with Gasteiger partial charge in [0.1, 0.15) is 23.3 Å². The van der Waals surface area contributed by atoms with Gasteiger partial charge >= 0.3 is 7.54 Å². The van der Waals surface area contributed by atoms with Crippen molar-refractivity contribution in [3.05, 3.63) is 60.9 Å². The van der Waals surface area contributed by atoms with E-state index in [2.05, 4.69) is 21.9 Å². The number of aromatic nitrogens is 2. The maximum atomic E-state index is 12.5. The zero-order chi connectivity index (χ0) is 21.8. The molecule has 156 valence electrons. The molecule has 0 atom stereocenters. The fourth-order valence-electron chi connectivity index (χ4n) is 1.30. The molecule has 0 radical (unpaired) electrons. The molecule has 2 aromatic heterocycles. The predicted octanol–water partition coefficient (Wildman–Crippen LogP) is 4.54. The molecular formula is C17H24BF5N4O. The summed E-state index contributed by atoms with van der Waals surface area (Å²) in [6.45, 7) is 9.77. The van der Waals surface area contributed by atoms with Crippen molar-refractivity contribution in [2.75, 3.05) is 30.8 Å². The number of hydrogen-bond donors (Lipinski definition) is 2. The summed E-state index contributed by atoms with van der Waals surface area (Å²) in [6, 6.07) is 5.05. The van der Waals surface area contributed by atoms with Crippen LogP contribution in [0.25, 0.3) is 0 Å². The molecule has 0 saturated carbocycles. The highest BCUT2D eigenvalue weighted by atomic mass is 19.4. The van der Waals surface area contributed by atoms with Crippen LogP contribution in [0.1, 0.15) is 13.8 Å². The van der Waals surface area contributed by atoms with E-state index in [1.54, 1.807) is 6.08 Å². The Bertz CT molecular complexity index is 616. The maximum Gasteiger partial charge on any atom is 0.762 e. The van der Waals surface area contributed by atoms with E-state index in [1.807, 2.05) is 13.8 Å². The van der Waals surface area contributed by atoms with Crippen molar-refractivity contribution in [3.8, 4) is 0 Å². The van der Waals surface area contributed by atoms with Gasteiger partial charge in [-0.3, -0.25) is 12.9 Å². The van der Waals surface area contributed by atoms with Crippen LogP contribution in [0.5, 0.6) is 0 Å². The Morgan fingerprint density at radius 3 is 1.89 bits per heavy atom. The molecule has 0 aliphatic rings. The van der Waals surface area contributed by atoms with E-state index >= 15 is 0 Å². The van der Waals surface area contributed by atoms with Gasteiger partial charge < -0.3 is 15.8 Å². The summed E-state index contributed by atoms with van der Waals surface area (Å²) in [5.74, 6) is 0.110. The van der Waals surface area contributed by atoms with Gasteiger partial charge in [0.05, 0.1) is 0 Å². The van der Waals surface area contributed by atoms with Gasteiger partial charge in [-0.25, -0.2) is 18.7 Å². The Kier molecular flexibility index (Phi) is 18.8. The number of nitrogen functional groups attached to an aromatic ring is 1. The van der Waals surface area contributed by atoms with Crippen LogP contribution in [0.4, 0.5) is 33.4 Å². The van der Waals surface area contributed by atoms with E-state index in [9.17, 15) is 21.7 Å². The molecule has 0 bridgehead atoms. The Hall–Kier alpha value is -2.69. The van der Waals surface area contributed by atoms with Gasteiger partial charge in [0.15, 0.2) is 0 Å². The largest absolute Gasteiger partial charge is 0.762 e. The van der Waals surface area contributed by atoms with E-state index in [-0.39, 0.29) is 17.5 Å². The molecule has 0 aliphatic carbocycles. The number of nitrogens with one attached hydrogen (secondary N) is 1. The SMILES string of the molecule is C=CCNc1cc(F)ccn1.CCOCC.FB(F)F.Nc1cc(F)ccn1. The quantitative estimate of drug-likeness (QED) is 0.433. The highest BCUT2D eigenvalue weighted by Gasteiger charge is 2.06. The number of pyridine rings is 2. The second-order valence-corrected chi connectivity index (χ2v) is 4.46. The Balaban J connectivity index is 0. The van der Waals surface area contributed by atoms with Crippen LogP contribution in [0.2, 0.25) is 0 Å². The molecule has 28 heavy (non-hydrogen) atoms. The lowest BCUT2D eigenvalue weighted by molar-refractivity contribution is 0.162. The van der Waals surface area contributed by atoms with Gasteiger partial charge in [0.25, 0.3) is 0 Å². The lowest BCUT2D eigenvalue weighted by Gasteiger charge is -1.99. The van der Waals surface area contributed by atoms with Gasteiger partial charge in [0, 0.05) is 44.3 Å². The summed E-state index contributed by atoms with van der Waals surface area (Å²) < 4.78 is 58.4. The van der Waals surface area contributed by atoms with Crippen molar-refractivity contribution in [1.82, 2.24) is 9.97 Å². The maximum absolute atomic E-state index is 12.5. The molecule has 0 amide bonds. The van der Waals surface area contributed by atoms with Gasteiger partial charge in [-0.2, -0.15) is 0 Å². The highest BCUT2D eigenvalue weighted by molar-refractivity contribution is 6.33. The lowest BCUT2D eigenvalue weighted by atomic mass is 10.4. The number of nitrogens with zero attached hydrogens (tertiary/aromatic N) is 2. The number of halogens is 5. The van der Waals surface area contributed by atoms with Gasteiger partial charge in [-0.1, -0.05) is 6.08 Å². The zero-order valence-electron chi connectivity index (χ0n) is 15.7. The van der Waals surface area contributed by atoms with Crippen LogP contribution in [-0.2, 0) is 4.74 Å². The number of anilines is 2. The van der Waals surface area contributed by atoms with Crippen molar-refractivity contribution >= 4 is 19.2 Å².